The Morgan fingerprint density at radius 3 is 2.62 bits per heavy atom. The molecule has 1 atom stereocenters. The van der Waals surface area contributed by atoms with Gasteiger partial charge in [0, 0.05) is 6.42 Å². The Hall–Kier alpha value is -0.810. The van der Waals surface area contributed by atoms with Crippen LogP contribution in [0.25, 0.3) is 0 Å². The van der Waals surface area contributed by atoms with E-state index in [1.807, 2.05) is 0 Å². The van der Waals surface area contributed by atoms with Crippen LogP contribution in [0.3, 0.4) is 0 Å². The van der Waals surface area contributed by atoms with Crippen LogP contribution in [-0.4, -0.2) is 11.8 Å². The molecule has 0 spiro atoms. The van der Waals surface area contributed by atoms with Crippen molar-refractivity contribution >= 4 is 5.78 Å². The lowest BCUT2D eigenvalue weighted by molar-refractivity contribution is -0.117. The average Bonchev–Trinajstić information content (AvgIpc) is 1.65. The van der Waals surface area contributed by atoms with Crippen LogP contribution in [-0.2, 0) is 4.79 Å². The third-order valence-electron chi connectivity index (χ3n) is 0.721. The second kappa shape index (κ2) is 3.23. The van der Waals surface area contributed by atoms with Gasteiger partial charge in [0.1, 0.15) is 5.78 Å². The number of terminal acetylenes is 1. The van der Waals surface area contributed by atoms with Crippen LogP contribution >= 0.6 is 0 Å². The lowest BCUT2D eigenvalue weighted by Gasteiger charge is -1.96. The summed E-state index contributed by atoms with van der Waals surface area (Å²) >= 11 is 0. The topological polar surface area (TPSA) is 43.1 Å². The zero-order valence-corrected chi connectivity index (χ0v) is 4.85. The summed E-state index contributed by atoms with van der Waals surface area (Å²) in [5.41, 5.74) is 5.22. The number of hydrogen-bond donors (Lipinski definition) is 1. The van der Waals surface area contributed by atoms with Gasteiger partial charge in [0.25, 0.3) is 0 Å². The summed E-state index contributed by atoms with van der Waals surface area (Å²) in [7, 11) is 0. The molecule has 0 radical (unpaired) electrons. The minimum atomic E-state index is -0.396. The molecule has 0 aliphatic carbocycles. The number of carbonyl (C=O) groups is 1. The minimum Gasteiger partial charge on any atom is -0.317 e. The molecule has 0 aromatic rings. The van der Waals surface area contributed by atoms with Gasteiger partial charge in [-0.1, -0.05) is 5.92 Å². The normalized spacial score (nSPS) is 12.1. The maximum atomic E-state index is 10.2. The van der Waals surface area contributed by atoms with E-state index in [2.05, 4.69) is 5.92 Å². The average molecular weight is 111 g/mol. The molecule has 0 bridgehead atoms. The van der Waals surface area contributed by atoms with Gasteiger partial charge in [-0.2, -0.15) is 0 Å². The maximum absolute atomic E-state index is 10.2. The molecule has 0 heterocycles. The lowest BCUT2D eigenvalue weighted by Crippen LogP contribution is -2.19. The fraction of sp³-hybridized carbons (Fsp3) is 0.500. The fourth-order valence-electron chi connectivity index (χ4n) is 0.369. The quantitative estimate of drug-likeness (QED) is 0.507. The number of nitrogens with two attached hydrogens (primary N) is 1. The first-order valence-electron chi connectivity index (χ1n) is 2.38. The first-order chi connectivity index (χ1) is 3.66. The molecular weight excluding hydrogens is 102 g/mol. The standard InChI is InChI=1S/C6H9NO/c1-3-6(7)4-5(2)8/h1,6H,4,7H2,2H3/t6-/m1/s1. The highest BCUT2D eigenvalue weighted by atomic mass is 16.1. The largest absolute Gasteiger partial charge is 0.317 e. The second-order valence-electron chi connectivity index (χ2n) is 1.68. The summed E-state index contributed by atoms with van der Waals surface area (Å²) in [5.74, 6) is 2.29. The Bertz CT molecular complexity index is 123. The number of carbonyl (C=O) groups excluding carboxylic acids is 1. The molecular formula is C6H9NO. The molecule has 0 aliphatic heterocycles. The van der Waals surface area contributed by atoms with Gasteiger partial charge in [0.2, 0.25) is 0 Å². The van der Waals surface area contributed by atoms with Gasteiger partial charge in [-0.25, -0.2) is 0 Å². The molecule has 0 rings (SSSR count). The van der Waals surface area contributed by atoms with Crippen LogP contribution in [0.2, 0.25) is 0 Å². The summed E-state index contributed by atoms with van der Waals surface area (Å²) in [4.78, 5) is 10.2. The number of rotatable bonds is 2. The molecule has 0 aromatic carbocycles. The van der Waals surface area contributed by atoms with E-state index in [1.165, 1.54) is 6.92 Å². The SMILES string of the molecule is C#C[C@@H](N)CC(C)=O. The molecule has 2 heteroatoms. The van der Waals surface area contributed by atoms with Gasteiger partial charge < -0.3 is 5.73 Å². The number of ketones is 1. The second-order valence-corrected chi connectivity index (χ2v) is 1.68. The van der Waals surface area contributed by atoms with Gasteiger partial charge in [-0.05, 0) is 6.92 Å². The molecule has 0 saturated carbocycles. The molecule has 2 nitrogen and oxygen atoms in total. The monoisotopic (exact) mass is 111 g/mol. The molecule has 0 amide bonds. The summed E-state index contributed by atoms with van der Waals surface area (Å²) in [5, 5.41) is 0. The highest BCUT2D eigenvalue weighted by molar-refractivity contribution is 5.76. The Morgan fingerprint density at radius 2 is 2.50 bits per heavy atom. The van der Waals surface area contributed by atoms with Crippen LogP contribution in [0.15, 0.2) is 0 Å². The number of Topliss-reactive ketones (excluding diaryl/α,β-unsaturated/α-hetero) is 1. The summed E-state index contributed by atoms with van der Waals surface area (Å²) in [6.45, 7) is 1.47. The van der Waals surface area contributed by atoms with Gasteiger partial charge in [-0.15, -0.1) is 6.42 Å². The van der Waals surface area contributed by atoms with Crippen molar-refractivity contribution in [1.29, 1.82) is 0 Å². The molecule has 2 N–H and O–H groups in total. The first kappa shape index (κ1) is 7.19. The van der Waals surface area contributed by atoms with E-state index in [0.717, 1.165) is 0 Å². The molecule has 0 aromatic heterocycles. The van der Waals surface area contributed by atoms with Crippen LogP contribution in [0, 0.1) is 12.3 Å². The van der Waals surface area contributed by atoms with Crippen molar-refractivity contribution in [2.24, 2.45) is 5.73 Å². The molecule has 0 fully saturated rings. The molecule has 0 aliphatic rings. The molecule has 44 valence electrons. The Kier molecular flexibility index (Phi) is 2.90. The van der Waals surface area contributed by atoms with E-state index < -0.39 is 6.04 Å². The zero-order valence-electron chi connectivity index (χ0n) is 4.85. The third-order valence-corrected chi connectivity index (χ3v) is 0.721. The molecule has 8 heavy (non-hydrogen) atoms. The van der Waals surface area contributed by atoms with Crippen LogP contribution < -0.4 is 5.73 Å². The van der Waals surface area contributed by atoms with Crippen molar-refractivity contribution in [3.05, 3.63) is 0 Å². The minimum absolute atomic E-state index is 0.0375. The maximum Gasteiger partial charge on any atom is 0.132 e. The third kappa shape index (κ3) is 3.38. The van der Waals surface area contributed by atoms with Crippen molar-refractivity contribution < 1.29 is 4.79 Å². The van der Waals surface area contributed by atoms with E-state index in [4.69, 9.17) is 12.2 Å². The summed E-state index contributed by atoms with van der Waals surface area (Å²) < 4.78 is 0. The van der Waals surface area contributed by atoms with Crippen molar-refractivity contribution in [2.75, 3.05) is 0 Å². The van der Waals surface area contributed by atoms with Crippen molar-refractivity contribution in [2.45, 2.75) is 19.4 Å². The zero-order chi connectivity index (χ0) is 6.57. The highest BCUT2D eigenvalue weighted by Crippen LogP contribution is 1.84. The highest BCUT2D eigenvalue weighted by Gasteiger charge is 1.98. The van der Waals surface area contributed by atoms with E-state index in [1.54, 1.807) is 0 Å². The van der Waals surface area contributed by atoms with Gasteiger partial charge >= 0.3 is 0 Å². The van der Waals surface area contributed by atoms with Crippen molar-refractivity contribution in [1.82, 2.24) is 0 Å². The van der Waals surface area contributed by atoms with Gasteiger partial charge in [-0.3, -0.25) is 4.79 Å². The van der Waals surface area contributed by atoms with Crippen LogP contribution in [0.4, 0.5) is 0 Å². The Morgan fingerprint density at radius 1 is 2.00 bits per heavy atom. The Labute approximate surface area is 49.1 Å². The van der Waals surface area contributed by atoms with E-state index in [9.17, 15) is 4.79 Å². The van der Waals surface area contributed by atoms with E-state index in [-0.39, 0.29) is 12.2 Å². The first-order valence-corrected chi connectivity index (χ1v) is 2.38. The fourth-order valence-corrected chi connectivity index (χ4v) is 0.369. The number of hydrogen-bond acceptors (Lipinski definition) is 2. The molecule has 0 saturated heterocycles. The van der Waals surface area contributed by atoms with E-state index >= 15 is 0 Å². The lowest BCUT2D eigenvalue weighted by atomic mass is 10.2. The Balaban J connectivity index is 3.43. The summed E-state index contributed by atoms with van der Waals surface area (Å²) in [6.07, 6.45) is 5.18. The summed E-state index contributed by atoms with van der Waals surface area (Å²) in [6, 6.07) is -0.396. The molecule has 0 unspecified atom stereocenters. The predicted molar refractivity (Wildman–Crippen MR) is 32.1 cm³/mol. The predicted octanol–water partition coefficient (Wildman–Crippen LogP) is -0.0740. The smallest absolute Gasteiger partial charge is 0.132 e. The van der Waals surface area contributed by atoms with E-state index in [0.29, 0.717) is 0 Å². The van der Waals surface area contributed by atoms with Crippen molar-refractivity contribution in [3.8, 4) is 12.3 Å². The van der Waals surface area contributed by atoms with Gasteiger partial charge in [0.15, 0.2) is 0 Å². The van der Waals surface area contributed by atoms with Gasteiger partial charge in [0.05, 0.1) is 6.04 Å². The van der Waals surface area contributed by atoms with Crippen molar-refractivity contribution in [3.63, 3.8) is 0 Å². The van der Waals surface area contributed by atoms with Crippen LogP contribution in [0.5, 0.6) is 0 Å². The van der Waals surface area contributed by atoms with Crippen LogP contribution in [0.1, 0.15) is 13.3 Å².